The smallest absolute Gasteiger partial charge is 0.0504 e. The van der Waals surface area contributed by atoms with Crippen LogP contribution < -0.4 is 9.80 Å². The first-order valence-corrected chi connectivity index (χ1v) is 28.5. The molecule has 2 heteroatoms. The molecule has 0 N–H and O–H groups in total. The number of hydrogen-bond donors (Lipinski definition) is 0. The molecule has 82 heavy (non-hydrogen) atoms. The van der Waals surface area contributed by atoms with Crippen LogP contribution in [0.25, 0.3) is 45.5 Å². The Balaban J connectivity index is 0.831. The second-order valence-corrected chi connectivity index (χ2v) is 21.8. The van der Waals surface area contributed by atoms with Gasteiger partial charge in [-0.2, -0.15) is 0 Å². The Morgan fingerprint density at radius 3 is 0.939 bits per heavy atom. The van der Waals surface area contributed by atoms with E-state index in [9.17, 15) is 0 Å². The minimum absolute atomic E-state index is 0.425. The SMILES string of the molecule is C=Cc1ccc(CC2(c3ccccc3)c3ccccc3-c3ccc(N(c4ccccc4)c4ccc(-c5ccc(N(c6ccccc6)c6ccc7c(c6)C(Cc6ccc(C=C)cc6)(c6ccccc6)c6ccccc6-7)cc5)cc4)cc32)cc1. The number of benzene rings is 12. The van der Waals surface area contributed by atoms with Crippen LogP contribution in [0.1, 0.15) is 55.6 Å². The minimum Gasteiger partial charge on any atom is -0.310 e. The molecule has 0 saturated heterocycles. The molecule has 0 amide bonds. The van der Waals surface area contributed by atoms with Gasteiger partial charge >= 0.3 is 0 Å². The third kappa shape index (κ3) is 8.60. The molecule has 0 radical (unpaired) electrons. The number of para-hydroxylation sites is 2. The van der Waals surface area contributed by atoms with Gasteiger partial charge in [-0.15, -0.1) is 0 Å². The van der Waals surface area contributed by atoms with Crippen molar-refractivity contribution < 1.29 is 0 Å². The maximum Gasteiger partial charge on any atom is 0.0504 e. The van der Waals surface area contributed by atoms with Crippen LogP contribution in [0.4, 0.5) is 34.1 Å². The zero-order valence-corrected chi connectivity index (χ0v) is 45.7. The highest BCUT2D eigenvalue weighted by Gasteiger charge is 2.46. The van der Waals surface area contributed by atoms with E-state index in [-0.39, 0.29) is 0 Å². The molecule has 0 aromatic heterocycles. The van der Waals surface area contributed by atoms with E-state index in [1.54, 1.807) is 0 Å². The summed E-state index contributed by atoms with van der Waals surface area (Å²) in [5.41, 5.74) is 25.8. The van der Waals surface area contributed by atoms with Gasteiger partial charge in [-0.1, -0.05) is 256 Å². The molecule has 2 atom stereocenters. The van der Waals surface area contributed by atoms with Crippen molar-refractivity contribution in [1.29, 1.82) is 0 Å². The van der Waals surface area contributed by atoms with Crippen LogP contribution in [0.2, 0.25) is 0 Å². The lowest BCUT2D eigenvalue weighted by atomic mass is 9.68. The fourth-order valence-electron chi connectivity index (χ4n) is 13.5. The molecule has 2 nitrogen and oxygen atoms in total. The molecule has 12 aromatic carbocycles. The molecule has 12 aromatic rings. The van der Waals surface area contributed by atoms with Crippen molar-refractivity contribution in [3.63, 3.8) is 0 Å². The zero-order chi connectivity index (χ0) is 55.0. The lowest BCUT2D eigenvalue weighted by Gasteiger charge is -2.34. The molecule has 0 fully saturated rings. The maximum absolute atomic E-state index is 4.04. The maximum atomic E-state index is 4.04. The van der Waals surface area contributed by atoms with Gasteiger partial charge in [0.1, 0.15) is 0 Å². The molecule has 2 unspecified atom stereocenters. The van der Waals surface area contributed by atoms with Gasteiger partial charge < -0.3 is 9.80 Å². The Kier molecular flexibility index (Phi) is 12.8. The number of anilines is 6. The standard InChI is InChI=1S/C80H60N2/c1-3-57-33-37-59(38-34-57)55-79(63-21-9-5-10-22-63)75-31-19-17-29-71(75)73-51-49-69(53-77(73)79)81(65-25-13-7-14-26-65)67-45-41-61(42-46-67)62-43-47-68(48-44-62)82(66-27-15-8-16-28-66)70-50-52-74-72-30-18-20-32-76(72)80(78(74)54-70,64-23-11-6-12-24-64)56-60-39-35-58(4-2)36-40-60/h3-54H,1-2,55-56H2. The summed E-state index contributed by atoms with van der Waals surface area (Å²) in [7, 11) is 0. The van der Waals surface area contributed by atoms with Gasteiger partial charge in [-0.3, -0.25) is 0 Å². The summed E-state index contributed by atoms with van der Waals surface area (Å²) in [5.74, 6) is 0. The molecule has 14 rings (SSSR count). The van der Waals surface area contributed by atoms with Crippen molar-refractivity contribution in [2.45, 2.75) is 23.7 Å². The third-order valence-electron chi connectivity index (χ3n) is 17.3. The molecular weight excluding hydrogens is 989 g/mol. The first kappa shape index (κ1) is 50.0. The van der Waals surface area contributed by atoms with E-state index in [0.717, 1.165) is 69.2 Å². The van der Waals surface area contributed by atoms with Crippen molar-refractivity contribution >= 4 is 46.3 Å². The van der Waals surface area contributed by atoms with E-state index in [0.29, 0.717) is 0 Å². The van der Waals surface area contributed by atoms with Crippen LogP contribution in [-0.2, 0) is 23.7 Å². The lowest BCUT2D eigenvalue weighted by Crippen LogP contribution is -2.30. The quantitative estimate of drug-likeness (QED) is 0.101. The summed E-state index contributed by atoms with van der Waals surface area (Å²) in [4.78, 5) is 4.81. The summed E-state index contributed by atoms with van der Waals surface area (Å²) in [6, 6.07) is 112. The average Bonchev–Trinajstić information content (AvgIpc) is 3.28. The van der Waals surface area contributed by atoms with Gasteiger partial charge in [0.15, 0.2) is 0 Å². The normalized spacial score (nSPS) is 15.4. The predicted octanol–water partition coefficient (Wildman–Crippen LogP) is 20.7. The summed E-state index contributed by atoms with van der Waals surface area (Å²) >= 11 is 0. The Hall–Kier alpha value is -10.3. The van der Waals surface area contributed by atoms with Crippen molar-refractivity contribution in [3.8, 4) is 33.4 Å². The van der Waals surface area contributed by atoms with Crippen LogP contribution in [0.15, 0.2) is 316 Å². The first-order chi connectivity index (χ1) is 40.5. The fraction of sp³-hybridized carbons (Fsp3) is 0.0500. The van der Waals surface area contributed by atoms with Gasteiger partial charge in [0.2, 0.25) is 0 Å². The van der Waals surface area contributed by atoms with Crippen molar-refractivity contribution in [2.75, 3.05) is 9.80 Å². The average molecular weight is 1050 g/mol. The molecule has 0 spiro atoms. The third-order valence-corrected chi connectivity index (χ3v) is 17.3. The van der Waals surface area contributed by atoms with E-state index in [4.69, 9.17) is 0 Å². The first-order valence-electron chi connectivity index (χ1n) is 28.5. The Bertz CT molecular complexity index is 3980. The van der Waals surface area contributed by atoms with Gasteiger partial charge in [-0.05, 0) is 175 Å². The van der Waals surface area contributed by atoms with E-state index in [2.05, 4.69) is 326 Å². The fourth-order valence-corrected chi connectivity index (χ4v) is 13.5. The Labute approximate surface area is 482 Å². The number of fused-ring (bicyclic) bond motifs is 6. The largest absolute Gasteiger partial charge is 0.310 e. The lowest BCUT2D eigenvalue weighted by molar-refractivity contribution is 0.629. The van der Waals surface area contributed by atoms with Gasteiger partial charge in [0.25, 0.3) is 0 Å². The predicted molar refractivity (Wildman–Crippen MR) is 345 cm³/mol. The zero-order valence-electron chi connectivity index (χ0n) is 45.7. The topological polar surface area (TPSA) is 6.48 Å². The van der Waals surface area contributed by atoms with Crippen LogP contribution in [0.5, 0.6) is 0 Å². The van der Waals surface area contributed by atoms with E-state index in [1.165, 1.54) is 66.8 Å². The second kappa shape index (κ2) is 21.1. The van der Waals surface area contributed by atoms with Gasteiger partial charge in [-0.25, -0.2) is 0 Å². The highest BCUT2D eigenvalue weighted by molar-refractivity contribution is 5.90. The molecule has 0 bridgehead atoms. The van der Waals surface area contributed by atoms with Crippen LogP contribution in [0, 0.1) is 0 Å². The summed E-state index contributed by atoms with van der Waals surface area (Å²) < 4.78 is 0. The number of nitrogens with zero attached hydrogens (tertiary/aromatic N) is 2. The van der Waals surface area contributed by atoms with Gasteiger partial charge in [0.05, 0.1) is 10.8 Å². The number of rotatable bonds is 15. The number of hydrogen-bond acceptors (Lipinski definition) is 2. The summed E-state index contributed by atoms with van der Waals surface area (Å²) in [6.45, 7) is 8.07. The second-order valence-electron chi connectivity index (χ2n) is 21.8. The van der Waals surface area contributed by atoms with E-state index < -0.39 is 10.8 Å². The Morgan fingerprint density at radius 2 is 0.573 bits per heavy atom. The van der Waals surface area contributed by atoms with Gasteiger partial charge in [0, 0.05) is 34.1 Å². The van der Waals surface area contributed by atoms with Crippen LogP contribution in [0.3, 0.4) is 0 Å². The molecule has 0 heterocycles. The molecule has 2 aliphatic rings. The van der Waals surface area contributed by atoms with Crippen molar-refractivity contribution in [2.24, 2.45) is 0 Å². The Morgan fingerprint density at radius 1 is 0.268 bits per heavy atom. The van der Waals surface area contributed by atoms with Crippen molar-refractivity contribution in [3.05, 3.63) is 372 Å². The van der Waals surface area contributed by atoms with E-state index in [1.807, 2.05) is 12.2 Å². The van der Waals surface area contributed by atoms with E-state index >= 15 is 0 Å². The van der Waals surface area contributed by atoms with Crippen LogP contribution in [-0.4, -0.2) is 0 Å². The summed E-state index contributed by atoms with van der Waals surface area (Å²) in [5, 5.41) is 0. The highest BCUT2D eigenvalue weighted by atomic mass is 15.1. The monoisotopic (exact) mass is 1050 g/mol. The van der Waals surface area contributed by atoms with Crippen LogP contribution >= 0.6 is 0 Å². The molecule has 0 aliphatic heterocycles. The molecular formula is C80H60N2. The van der Waals surface area contributed by atoms with Crippen molar-refractivity contribution in [1.82, 2.24) is 0 Å². The minimum atomic E-state index is -0.425. The molecule has 2 aliphatic carbocycles. The summed E-state index contributed by atoms with van der Waals surface area (Å²) in [6.07, 6.45) is 5.46. The highest BCUT2D eigenvalue weighted by Crippen LogP contribution is 2.57. The molecule has 390 valence electrons. The molecule has 0 saturated carbocycles.